The molecule has 0 bridgehead atoms. The van der Waals surface area contributed by atoms with Crippen LogP contribution in [-0.2, 0) is 4.79 Å². The van der Waals surface area contributed by atoms with Gasteiger partial charge >= 0.3 is 6.03 Å². The third-order valence-electron chi connectivity index (χ3n) is 4.15. The van der Waals surface area contributed by atoms with E-state index in [-0.39, 0.29) is 11.9 Å². The van der Waals surface area contributed by atoms with Gasteiger partial charge in [0, 0.05) is 22.8 Å². The first kappa shape index (κ1) is 21.2. The smallest absolute Gasteiger partial charge is 0.319 e. The number of amides is 3. The standard InChI is InChI=1S/C24H23N3O2S/c1-2-17-25-24(29)27-20-15-13-19(14-16-20)26-23(28)22(18-9-5-3-6-10-18)30-21-11-7-4-8-12-21/h2-16,22H,1,17H2,(H,26,28)(H2,25,27,29). The Morgan fingerprint density at radius 2 is 1.40 bits per heavy atom. The highest BCUT2D eigenvalue weighted by Gasteiger charge is 2.22. The Kier molecular flexibility index (Phi) is 7.69. The molecule has 1 unspecified atom stereocenters. The van der Waals surface area contributed by atoms with Crippen LogP contribution in [0.25, 0.3) is 0 Å². The number of rotatable bonds is 8. The lowest BCUT2D eigenvalue weighted by atomic mass is 10.1. The fourth-order valence-corrected chi connectivity index (χ4v) is 3.77. The number of carbonyl (C=O) groups excluding carboxylic acids is 2. The summed E-state index contributed by atoms with van der Waals surface area (Å²) < 4.78 is 0. The van der Waals surface area contributed by atoms with Crippen molar-refractivity contribution in [2.45, 2.75) is 10.1 Å². The van der Waals surface area contributed by atoms with Crippen LogP contribution in [0.4, 0.5) is 16.2 Å². The predicted molar refractivity (Wildman–Crippen MR) is 124 cm³/mol. The lowest BCUT2D eigenvalue weighted by Crippen LogP contribution is -2.28. The Bertz CT molecular complexity index is 976. The SMILES string of the molecule is C=CCNC(=O)Nc1ccc(NC(=O)C(Sc2ccccc2)c2ccccc2)cc1. The summed E-state index contributed by atoms with van der Waals surface area (Å²) in [5.74, 6) is -0.112. The zero-order valence-corrected chi connectivity index (χ0v) is 17.2. The lowest BCUT2D eigenvalue weighted by molar-refractivity contribution is -0.115. The summed E-state index contributed by atoms with van der Waals surface area (Å²) in [5, 5.41) is 7.95. The zero-order valence-electron chi connectivity index (χ0n) is 16.4. The number of anilines is 2. The van der Waals surface area contributed by atoms with Gasteiger partial charge in [-0.1, -0.05) is 54.6 Å². The van der Waals surface area contributed by atoms with E-state index in [1.165, 1.54) is 11.8 Å². The molecule has 0 fully saturated rings. The maximum Gasteiger partial charge on any atom is 0.319 e. The van der Waals surface area contributed by atoms with Crippen LogP contribution in [0.1, 0.15) is 10.8 Å². The van der Waals surface area contributed by atoms with Gasteiger partial charge in [0.05, 0.1) is 0 Å². The highest BCUT2D eigenvalue weighted by atomic mass is 32.2. The zero-order chi connectivity index (χ0) is 21.2. The number of hydrogen-bond donors (Lipinski definition) is 3. The van der Waals surface area contributed by atoms with Crippen molar-refractivity contribution in [2.24, 2.45) is 0 Å². The summed E-state index contributed by atoms with van der Waals surface area (Å²) in [6.45, 7) is 3.95. The van der Waals surface area contributed by atoms with Crippen LogP contribution >= 0.6 is 11.8 Å². The van der Waals surface area contributed by atoms with E-state index in [9.17, 15) is 9.59 Å². The number of urea groups is 1. The number of thioether (sulfide) groups is 1. The number of nitrogens with one attached hydrogen (secondary N) is 3. The molecule has 3 aromatic rings. The number of hydrogen-bond acceptors (Lipinski definition) is 3. The van der Waals surface area contributed by atoms with Gasteiger partial charge in [-0.3, -0.25) is 4.79 Å². The van der Waals surface area contributed by atoms with Crippen LogP contribution in [0.15, 0.2) is 102 Å². The van der Waals surface area contributed by atoms with Gasteiger partial charge in [0.15, 0.2) is 0 Å². The molecule has 3 N–H and O–H groups in total. The van der Waals surface area contributed by atoms with Gasteiger partial charge in [-0.05, 0) is 42.0 Å². The normalized spacial score (nSPS) is 11.2. The Morgan fingerprint density at radius 3 is 2.00 bits per heavy atom. The molecule has 0 heterocycles. The molecule has 3 rings (SSSR count). The predicted octanol–water partition coefficient (Wildman–Crippen LogP) is 5.47. The van der Waals surface area contributed by atoms with Crippen LogP contribution in [0.2, 0.25) is 0 Å². The molecule has 0 spiro atoms. The summed E-state index contributed by atoms with van der Waals surface area (Å²) in [7, 11) is 0. The van der Waals surface area contributed by atoms with Crippen LogP contribution in [0, 0.1) is 0 Å². The van der Waals surface area contributed by atoms with E-state index in [0.717, 1.165) is 10.5 Å². The largest absolute Gasteiger partial charge is 0.334 e. The molecule has 0 aliphatic carbocycles. The van der Waals surface area contributed by atoms with E-state index >= 15 is 0 Å². The highest BCUT2D eigenvalue weighted by molar-refractivity contribution is 8.00. The summed E-state index contributed by atoms with van der Waals surface area (Å²) in [5.41, 5.74) is 2.22. The van der Waals surface area contributed by atoms with Crippen molar-refractivity contribution in [1.82, 2.24) is 5.32 Å². The van der Waals surface area contributed by atoms with Crippen LogP contribution < -0.4 is 16.0 Å². The van der Waals surface area contributed by atoms with Crippen molar-refractivity contribution in [2.75, 3.05) is 17.2 Å². The van der Waals surface area contributed by atoms with Crippen molar-refractivity contribution in [3.63, 3.8) is 0 Å². The first-order valence-electron chi connectivity index (χ1n) is 9.49. The fourth-order valence-electron chi connectivity index (χ4n) is 2.72. The quantitative estimate of drug-likeness (QED) is 0.336. The van der Waals surface area contributed by atoms with E-state index < -0.39 is 5.25 Å². The average Bonchev–Trinajstić information content (AvgIpc) is 2.78. The molecule has 1 atom stereocenters. The van der Waals surface area contributed by atoms with Gasteiger partial charge in [-0.2, -0.15) is 0 Å². The molecule has 152 valence electrons. The van der Waals surface area contributed by atoms with Gasteiger partial charge in [0.2, 0.25) is 5.91 Å². The minimum atomic E-state index is -0.393. The molecule has 0 aromatic heterocycles. The molecule has 3 amide bonds. The molecule has 0 saturated heterocycles. The summed E-state index contributed by atoms with van der Waals surface area (Å²) in [6.07, 6.45) is 1.61. The molecule has 0 aliphatic rings. The molecule has 0 saturated carbocycles. The molecule has 0 aliphatic heterocycles. The summed E-state index contributed by atoms with van der Waals surface area (Å²) >= 11 is 1.50. The molecule has 6 heteroatoms. The first-order valence-corrected chi connectivity index (χ1v) is 10.4. The average molecular weight is 418 g/mol. The molecule has 30 heavy (non-hydrogen) atoms. The highest BCUT2D eigenvalue weighted by Crippen LogP contribution is 2.36. The Labute approximate surface area is 180 Å². The van der Waals surface area contributed by atoms with Crippen LogP contribution in [-0.4, -0.2) is 18.5 Å². The van der Waals surface area contributed by atoms with Crippen LogP contribution in [0.3, 0.4) is 0 Å². The second kappa shape index (κ2) is 10.9. The van der Waals surface area contributed by atoms with Gasteiger partial charge in [0.25, 0.3) is 0 Å². The third-order valence-corrected chi connectivity index (χ3v) is 5.42. The van der Waals surface area contributed by atoms with E-state index in [2.05, 4.69) is 22.5 Å². The second-order valence-corrected chi connectivity index (χ2v) is 7.59. The Hall–Kier alpha value is -3.51. The van der Waals surface area contributed by atoms with E-state index in [1.807, 2.05) is 60.7 Å². The minimum Gasteiger partial charge on any atom is -0.334 e. The van der Waals surface area contributed by atoms with E-state index in [0.29, 0.717) is 17.9 Å². The van der Waals surface area contributed by atoms with Gasteiger partial charge < -0.3 is 16.0 Å². The lowest BCUT2D eigenvalue weighted by Gasteiger charge is -2.17. The number of benzene rings is 3. The molecular weight excluding hydrogens is 394 g/mol. The van der Waals surface area contributed by atoms with Gasteiger partial charge in [-0.25, -0.2) is 4.79 Å². The monoisotopic (exact) mass is 417 g/mol. The first-order chi connectivity index (χ1) is 14.7. The maximum absolute atomic E-state index is 13.1. The molecule has 5 nitrogen and oxygen atoms in total. The Balaban J connectivity index is 1.69. The van der Waals surface area contributed by atoms with E-state index in [1.54, 1.807) is 30.3 Å². The molecular formula is C24H23N3O2S. The second-order valence-electron chi connectivity index (χ2n) is 6.41. The van der Waals surface area contributed by atoms with Gasteiger partial charge in [0.1, 0.15) is 5.25 Å². The molecule has 3 aromatic carbocycles. The van der Waals surface area contributed by atoms with Crippen molar-refractivity contribution in [3.8, 4) is 0 Å². The van der Waals surface area contributed by atoms with Gasteiger partial charge in [-0.15, -0.1) is 18.3 Å². The van der Waals surface area contributed by atoms with Crippen LogP contribution in [0.5, 0.6) is 0 Å². The topological polar surface area (TPSA) is 70.2 Å². The third kappa shape index (κ3) is 6.25. The Morgan fingerprint density at radius 1 is 0.833 bits per heavy atom. The fraction of sp³-hybridized carbons (Fsp3) is 0.0833. The number of carbonyl (C=O) groups is 2. The molecule has 0 radical (unpaired) electrons. The summed E-state index contributed by atoms with van der Waals surface area (Å²) in [4.78, 5) is 25.8. The van der Waals surface area contributed by atoms with Crippen molar-refractivity contribution in [1.29, 1.82) is 0 Å². The summed E-state index contributed by atoms with van der Waals surface area (Å²) in [6, 6.07) is 26.2. The van der Waals surface area contributed by atoms with Crippen molar-refractivity contribution < 1.29 is 9.59 Å². The van der Waals surface area contributed by atoms with Crippen molar-refractivity contribution >= 4 is 35.1 Å². The van der Waals surface area contributed by atoms with Crippen molar-refractivity contribution in [3.05, 3.63) is 103 Å². The minimum absolute atomic E-state index is 0.112. The maximum atomic E-state index is 13.1. The van der Waals surface area contributed by atoms with E-state index in [4.69, 9.17) is 0 Å².